The number of halogens is 1. The number of benzene rings is 2. The van der Waals surface area contributed by atoms with E-state index in [2.05, 4.69) is 5.32 Å². The Bertz CT molecular complexity index is 885. The predicted octanol–water partition coefficient (Wildman–Crippen LogP) is 4.67. The first-order valence-electron chi connectivity index (χ1n) is 10.3. The Morgan fingerprint density at radius 2 is 1.83 bits per heavy atom. The highest BCUT2D eigenvalue weighted by molar-refractivity contribution is 6.30. The summed E-state index contributed by atoms with van der Waals surface area (Å²) in [5, 5.41) is 3.54. The number of nitrogens with zero attached hydrogens (tertiary/aromatic N) is 1. The van der Waals surface area contributed by atoms with Gasteiger partial charge in [-0.3, -0.25) is 9.59 Å². The van der Waals surface area contributed by atoms with E-state index in [4.69, 9.17) is 16.3 Å². The summed E-state index contributed by atoms with van der Waals surface area (Å²) in [6.45, 7) is 9.76. The second-order valence-corrected chi connectivity index (χ2v) is 8.07. The maximum atomic E-state index is 13.1. The van der Waals surface area contributed by atoms with Crippen molar-refractivity contribution in [3.05, 3.63) is 64.2 Å². The number of amides is 2. The zero-order valence-electron chi connectivity index (χ0n) is 18.4. The molecule has 5 nitrogen and oxygen atoms in total. The first-order chi connectivity index (χ1) is 14.2. The molecule has 2 amide bonds. The number of nitrogens with one attached hydrogen (secondary N) is 1. The molecule has 2 aromatic rings. The molecule has 6 heteroatoms. The molecule has 0 radical (unpaired) electrons. The Kier molecular flexibility index (Phi) is 8.72. The van der Waals surface area contributed by atoms with E-state index in [1.165, 1.54) is 4.90 Å². The van der Waals surface area contributed by atoms with Crippen molar-refractivity contribution >= 4 is 23.4 Å². The van der Waals surface area contributed by atoms with Gasteiger partial charge in [-0.15, -0.1) is 0 Å². The minimum atomic E-state index is -0.646. The van der Waals surface area contributed by atoms with Gasteiger partial charge in [0.05, 0.1) is 0 Å². The molecule has 2 rings (SSSR count). The molecule has 0 aromatic heterocycles. The van der Waals surface area contributed by atoms with Crippen LogP contribution in [0.15, 0.2) is 42.5 Å². The second-order valence-electron chi connectivity index (χ2n) is 7.63. The second kappa shape index (κ2) is 11.0. The van der Waals surface area contributed by atoms with Gasteiger partial charge in [0.25, 0.3) is 5.91 Å². The van der Waals surface area contributed by atoms with Gasteiger partial charge in [-0.25, -0.2) is 0 Å². The molecular formula is C24H31ClN2O3. The summed E-state index contributed by atoms with van der Waals surface area (Å²) in [7, 11) is 0. The number of hydrogen-bond acceptors (Lipinski definition) is 3. The molecule has 0 unspecified atom stereocenters. The summed E-state index contributed by atoms with van der Waals surface area (Å²) >= 11 is 6.10. The van der Waals surface area contributed by atoms with Gasteiger partial charge in [0.2, 0.25) is 5.91 Å². The number of rotatable bonds is 9. The Balaban J connectivity index is 2.19. The topological polar surface area (TPSA) is 58.6 Å². The Hall–Kier alpha value is -2.53. The molecule has 2 atom stereocenters. The maximum absolute atomic E-state index is 13.1. The van der Waals surface area contributed by atoms with Crippen molar-refractivity contribution in [2.24, 2.45) is 0 Å². The molecule has 0 saturated carbocycles. The summed E-state index contributed by atoms with van der Waals surface area (Å²) in [6, 6.07) is 12.4. The molecule has 0 aliphatic heterocycles. The minimum Gasteiger partial charge on any atom is -0.483 e. The standard InChI is InChI=1S/C24H31ClN2O3/c1-6-17(3)26-24(29)19(5)27(14-20-10-8-11-21(25)13-20)23(28)15-30-22-12-7-9-16(2)18(22)4/h7-13,17,19H,6,14-15H2,1-5H3,(H,26,29)/t17-,19-/m0/s1. The summed E-state index contributed by atoms with van der Waals surface area (Å²) in [5.74, 6) is 0.219. The molecule has 0 heterocycles. The van der Waals surface area contributed by atoms with Gasteiger partial charge in [0.1, 0.15) is 11.8 Å². The van der Waals surface area contributed by atoms with Crippen LogP contribution in [0.3, 0.4) is 0 Å². The van der Waals surface area contributed by atoms with Gasteiger partial charge in [0, 0.05) is 17.6 Å². The lowest BCUT2D eigenvalue weighted by atomic mass is 10.1. The number of aryl methyl sites for hydroxylation is 1. The highest BCUT2D eigenvalue weighted by Gasteiger charge is 2.27. The quantitative estimate of drug-likeness (QED) is 0.629. The third-order valence-electron chi connectivity index (χ3n) is 5.32. The van der Waals surface area contributed by atoms with E-state index < -0.39 is 6.04 Å². The average molecular weight is 431 g/mol. The van der Waals surface area contributed by atoms with Crippen molar-refractivity contribution in [3.8, 4) is 5.75 Å². The molecule has 0 saturated heterocycles. The first kappa shape index (κ1) is 23.7. The molecule has 1 N–H and O–H groups in total. The molecule has 0 fully saturated rings. The Labute approximate surface area is 184 Å². The number of hydrogen-bond donors (Lipinski definition) is 1. The summed E-state index contributed by atoms with van der Waals surface area (Å²) in [4.78, 5) is 27.3. The SMILES string of the molecule is CC[C@H](C)NC(=O)[C@H](C)N(Cc1cccc(Cl)c1)C(=O)COc1cccc(C)c1C. The Morgan fingerprint density at radius 1 is 1.13 bits per heavy atom. The van der Waals surface area contributed by atoms with E-state index in [1.54, 1.807) is 19.1 Å². The van der Waals surface area contributed by atoms with Gasteiger partial charge in [0.15, 0.2) is 6.61 Å². The fourth-order valence-corrected chi connectivity index (χ4v) is 3.20. The van der Waals surface area contributed by atoms with E-state index in [-0.39, 0.29) is 31.0 Å². The van der Waals surface area contributed by atoms with Gasteiger partial charge in [-0.1, -0.05) is 42.8 Å². The van der Waals surface area contributed by atoms with E-state index in [9.17, 15) is 9.59 Å². The van der Waals surface area contributed by atoms with Crippen LogP contribution in [0, 0.1) is 13.8 Å². The van der Waals surface area contributed by atoms with Crippen molar-refractivity contribution in [1.29, 1.82) is 0 Å². The molecule has 30 heavy (non-hydrogen) atoms. The van der Waals surface area contributed by atoms with E-state index in [0.29, 0.717) is 10.8 Å². The zero-order chi connectivity index (χ0) is 22.3. The third kappa shape index (κ3) is 6.49. The number of carbonyl (C=O) groups is 2. The van der Waals surface area contributed by atoms with Crippen LogP contribution in [-0.2, 0) is 16.1 Å². The third-order valence-corrected chi connectivity index (χ3v) is 5.55. The molecule has 0 aliphatic rings. The summed E-state index contributed by atoms with van der Waals surface area (Å²) in [6.07, 6.45) is 0.816. The first-order valence-corrected chi connectivity index (χ1v) is 10.6. The van der Waals surface area contributed by atoms with Gasteiger partial charge in [-0.05, 0) is 69.0 Å². The van der Waals surface area contributed by atoms with Gasteiger partial charge >= 0.3 is 0 Å². The van der Waals surface area contributed by atoms with Gasteiger partial charge < -0.3 is 15.0 Å². The minimum absolute atomic E-state index is 0.0364. The van der Waals surface area contributed by atoms with E-state index in [1.807, 2.05) is 58.0 Å². The number of ether oxygens (including phenoxy) is 1. The molecule has 0 aliphatic carbocycles. The molecule has 0 bridgehead atoms. The van der Waals surface area contributed by atoms with Crippen molar-refractivity contribution in [3.63, 3.8) is 0 Å². The van der Waals surface area contributed by atoms with Crippen LogP contribution in [0.25, 0.3) is 0 Å². The van der Waals surface area contributed by atoms with Gasteiger partial charge in [-0.2, -0.15) is 0 Å². The zero-order valence-corrected chi connectivity index (χ0v) is 19.1. The average Bonchev–Trinajstić information content (AvgIpc) is 2.72. The largest absolute Gasteiger partial charge is 0.483 e. The monoisotopic (exact) mass is 430 g/mol. The van der Waals surface area contributed by atoms with Crippen LogP contribution in [-0.4, -0.2) is 35.4 Å². The van der Waals surface area contributed by atoms with Crippen LogP contribution < -0.4 is 10.1 Å². The van der Waals surface area contributed by atoms with Crippen LogP contribution in [0.2, 0.25) is 5.02 Å². The predicted molar refractivity (Wildman–Crippen MR) is 121 cm³/mol. The lowest BCUT2D eigenvalue weighted by molar-refractivity contribution is -0.142. The molecule has 162 valence electrons. The maximum Gasteiger partial charge on any atom is 0.261 e. The fourth-order valence-electron chi connectivity index (χ4n) is 2.98. The highest BCUT2D eigenvalue weighted by atomic mass is 35.5. The molecule has 2 aromatic carbocycles. The van der Waals surface area contributed by atoms with E-state index >= 15 is 0 Å². The lowest BCUT2D eigenvalue weighted by Crippen LogP contribution is -2.50. The fraction of sp³-hybridized carbons (Fsp3) is 0.417. The lowest BCUT2D eigenvalue weighted by Gasteiger charge is -2.29. The normalized spacial score (nSPS) is 12.7. The van der Waals surface area contributed by atoms with E-state index in [0.717, 1.165) is 23.1 Å². The van der Waals surface area contributed by atoms with Crippen molar-refractivity contribution in [2.45, 2.75) is 59.7 Å². The van der Waals surface area contributed by atoms with Crippen molar-refractivity contribution in [2.75, 3.05) is 6.61 Å². The summed E-state index contributed by atoms with van der Waals surface area (Å²) in [5.41, 5.74) is 2.94. The highest BCUT2D eigenvalue weighted by Crippen LogP contribution is 2.21. The van der Waals surface area contributed by atoms with Crippen LogP contribution in [0.5, 0.6) is 5.75 Å². The van der Waals surface area contributed by atoms with Crippen LogP contribution in [0.4, 0.5) is 0 Å². The number of carbonyl (C=O) groups excluding carboxylic acids is 2. The smallest absolute Gasteiger partial charge is 0.261 e. The van der Waals surface area contributed by atoms with Crippen molar-refractivity contribution < 1.29 is 14.3 Å². The molecule has 0 spiro atoms. The summed E-state index contributed by atoms with van der Waals surface area (Å²) < 4.78 is 5.81. The molecular weight excluding hydrogens is 400 g/mol. The van der Waals surface area contributed by atoms with Crippen LogP contribution >= 0.6 is 11.6 Å². The van der Waals surface area contributed by atoms with Crippen molar-refractivity contribution in [1.82, 2.24) is 10.2 Å². The Morgan fingerprint density at radius 3 is 2.50 bits per heavy atom. The van der Waals surface area contributed by atoms with Crippen LogP contribution in [0.1, 0.15) is 43.9 Å².